The minimum atomic E-state index is 0. The number of aromatic hydroxyl groups is 1. The number of aliphatic imine (C=N–C) groups is 1. The van der Waals surface area contributed by atoms with Gasteiger partial charge in [-0.3, -0.25) is 4.99 Å². The Morgan fingerprint density at radius 3 is 2.81 bits per heavy atom. The van der Waals surface area contributed by atoms with Crippen LogP contribution in [-0.4, -0.2) is 29.6 Å². The lowest BCUT2D eigenvalue weighted by Gasteiger charge is -2.21. The van der Waals surface area contributed by atoms with Crippen LogP contribution in [0, 0.1) is 6.92 Å². The van der Waals surface area contributed by atoms with Crippen LogP contribution in [0.4, 0.5) is 0 Å². The Morgan fingerprint density at radius 2 is 2.08 bits per heavy atom. The third-order valence-electron chi connectivity index (χ3n) is 4.62. The molecule has 0 saturated heterocycles. The summed E-state index contributed by atoms with van der Waals surface area (Å²) < 4.78 is 0. The van der Waals surface area contributed by atoms with Crippen LogP contribution in [-0.2, 0) is 25.8 Å². The van der Waals surface area contributed by atoms with Crippen molar-refractivity contribution in [2.45, 2.75) is 45.6 Å². The normalized spacial score (nSPS) is 13.7. The second kappa shape index (κ2) is 10.1. The van der Waals surface area contributed by atoms with Crippen LogP contribution in [0.5, 0.6) is 5.75 Å². The van der Waals surface area contributed by atoms with E-state index in [1.807, 2.05) is 13.0 Å². The lowest BCUT2D eigenvalue weighted by atomic mass is 9.88. The van der Waals surface area contributed by atoms with Gasteiger partial charge in [-0.05, 0) is 49.8 Å². The summed E-state index contributed by atoms with van der Waals surface area (Å²) in [6, 6.07) is 3.89. The number of hydrogen-bond acceptors (Lipinski definition) is 4. The number of benzene rings is 1. The summed E-state index contributed by atoms with van der Waals surface area (Å²) in [5, 5.41) is 20.1. The maximum atomic E-state index is 10.3. The number of halogens is 1. The van der Waals surface area contributed by atoms with Gasteiger partial charge in [0.1, 0.15) is 5.75 Å². The standard InChI is InChI=1S/C19H26N4OS.HI/c1-13-23-15(12-25-13)9-10-21-19(20-2)22-11-17-16-6-4-3-5-14(16)7-8-18(17)24;/h7-8,12,24H,3-6,9-11H2,1-2H3,(H2,20,21,22);1H. The molecule has 1 aromatic carbocycles. The van der Waals surface area contributed by atoms with Crippen molar-refractivity contribution in [2.24, 2.45) is 4.99 Å². The van der Waals surface area contributed by atoms with Crippen molar-refractivity contribution in [1.82, 2.24) is 15.6 Å². The van der Waals surface area contributed by atoms with E-state index in [1.54, 1.807) is 18.4 Å². The van der Waals surface area contributed by atoms with Gasteiger partial charge in [0.15, 0.2) is 5.96 Å². The van der Waals surface area contributed by atoms with E-state index in [0.29, 0.717) is 12.3 Å². The van der Waals surface area contributed by atoms with Crippen LogP contribution >= 0.6 is 35.3 Å². The molecule has 0 amide bonds. The highest BCUT2D eigenvalue weighted by Crippen LogP contribution is 2.30. The fourth-order valence-corrected chi connectivity index (χ4v) is 3.96. The third-order valence-corrected chi connectivity index (χ3v) is 5.45. The lowest BCUT2D eigenvalue weighted by molar-refractivity contribution is 0.464. The first-order chi connectivity index (χ1) is 12.2. The van der Waals surface area contributed by atoms with Crippen LogP contribution in [0.2, 0.25) is 0 Å². The number of nitrogens with one attached hydrogen (secondary N) is 2. The van der Waals surface area contributed by atoms with E-state index in [1.165, 1.54) is 24.0 Å². The Kier molecular flexibility index (Phi) is 8.15. The van der Waals surface area contributed by atoms with Crippen molar-refractivity contribution in [3.63, 3.8) is 0 Å². The van der Waals surface area contributed by atoms with Gasteiger partial charge in [0.05, 0.1) is 10.7 Å². The van der Waals surface area contributed by atoms with E-state index < -0.39 is 0 Å². The van der Waals surface area contributed by atoms with E-state index in [4.69, 9.17) is 0 Å². The quantitative estimate of drug-likeness (QED) is 0.344. The maximum Gasteiger partial charge on any atom is 0.191 e. The van der Waals surface area contributed by atoms with E-state index in [-0.39, 0.29) is 24.0 Å². The zero-order valence-electron chi connectivity index (χ0n) is 15.3. The van der Waals surface area contributed by atoms with Crippen LogP contribution < -0.4 is 10.6 Å². The second-order valence-electron chi connectivity index (χ2n) is 6.37. The Hall–Kier alpha value is -1.35. The number of rotatable bonds is 5. The van der Waals surface area contributed by atoms with Gasteiger partial charge in [0.25, 0.3) is 0 Å². The zero-order chi connectivity index (χ0) is 17.6. The van der Waals surface area contributed by atoms with Gasteiger partial charge >= 0.3 is 0 Å². The topological polar surface area (TPSA) is 69.5 Å². The van der Waals surface area contributed by atoms with Crippen LogP contribution in [0.25, 0.3) is 0 Å². The molecule has 1 heterocycles. The number of hydrogen-bond donors (Lipinski definition) is 3. The van der Waals surface area contributed by atoms with Gasteiger partial charge in [0, 0.05) is 37.5 Å². The van der Waals surface area contributed by atoms with Crippen LogP contribution in [0.15, 0.2) is 22.5 Å². The summed E-state index contributed by atoms with van der Waals surface area (Å²) in [5.41, 5.74) is 4.81. The number of fused-ring (bicyclic) bond motifs is 1. The number of aromatic nitrogens is 1. The molecule has 7 heteroatoms. The molecule has 0 saturated carbocycles. The molecule has 0 spiro atoms. The molecule has 0 unspecified atom stereocenters. The molecule has 0 atom stereocenters. The number of aryl methyl sites for hydroxylation is 2. The number of guanidine groups is 1. The summed E-state index contributed by atoms with van der Waals surface area (Å²) >= 11 is 1.68. The largest absolute Gasteiger partial charge is 0.508 e. The minimum Gasteiger partial charge on any atom is -0.508 e. The van der Waals surface area contributed by atoms with Crippen LogP contribution in [0.3, 0.4) is 0 Å². The molecule has 5 nitrogen and oxygen atoms in total. The average Bonchev–Trinajstić information content (AvgIpc) is 3.04. The first kappa shape index (κ1) is 21.0. The predicted octanol–water partition coefficient (Wildman–Crippen LogP) is 3.56. The number of phenols is 1. The molecule has 1 aromatic heterocycles. The Bertz CT molecular complexity index is 760. The van der Waals surface area contributed by atoms with Gasteiger partial charge in [0.2, 0.25) is 0 Å². The lowest BCUT2D eigenvalue weighted by Crippen LogP contribution is -2.38. The monoisotopic (exact) mass is 486 g/mol. The molecule has 0 fully saturated rings. The summed E-state index contributed by atoms with van der Waals surface area (Å²) in [6.45, 7) is 3.39. The Labute approximate surface area is 176 Å². The summed E-state index contributed by atoms with van der Waals surface area (Å²) in [7, 11) is 1.77. The van der Waals surface area contributed by atoms with E-state index in [0.717, 1.165) is 48.0 Å². The van der Waals surface area contributed by atoms with Crippen molar-refractivity contribution in [2.75, 3.05) is 13.6 Å². The SMILES string of the molecule is CN=C(NCCc1csc(C)n1)NCc1c(O)ccc2c1CCCC2.I. The molecule has 1 aliphatic carbocycles. The second-order valence-corrected chi connectivity index (χ2v) is 7.43. The van der Waals surface area contributed by atoms with Gasteiger partial charge in [-0.15, -0.1) is 35.3 Å². The van der Waals surface area contributed by atoms with Crippen molar-refractivity contribution in [1.29, 1.82) is 0 Å². The first-order valence-electron chi connectivity index (χ1n) is 8.85. The molecule has 0 aliphatic heterocycles. The fourth-order valence-electron chi connectivity index (χ4n) is 3.31. The highest BCUT2D eigenvalue weighted by atomic mass is 127. The van der Waals surface area contributed by atoms with Gasteiger partial charge in [-0.25, -0.2) is 4.98 Å². The van der Waals surface area contributed by atoms with Crippen molar-refractivity contribution in [3.05, 3.63) is 44.9 Å². The minimum absolute atomic E-state index is 0. The van der Waals surface area contributed by atoms with Gasteiger partial charge < -0.3 is 15.7 Å². The Morgan fingerprint density at radius 1 is 1.27 bits per heavy atom. The summed E-state index contributed by atoms with van der Waals surface area (Å²) in [5.74, 6) is 1.13. The van der Waals surface area contributed by atoms with Crippen LogP contribution in [0.1, 0.15) is 40.2 Å². The molecular weight excluding hydrogens is 459 g/mol. The molecule has 3 rings (SSSR count). The highest BCUT2D eigenvalue weighted by Gasteiger charge is 2.16. The molecule has 26 heavy (non-hydrogen) atoms. The number of thiazole rings is 1. The summed E-state index contributed by atoms with van der Waals surface area (Å²) in [6.07, 6.45) is 5.48. The number of nitrogens with zero attached hydrogens (tertiary/aromatic N) is 2. The molecule has 0 bridgehead atoms. The fraction of sp³-hybridized carbons (Fsp3) is 0.474. The van der Waals surface area contributed by atoms with Crippen molar-refractivity contribution in [3.8, 4) is 5.75 Å². The van der Waals surface area contributed by atoms with E-state index in [2.05, 4.69) is 32.1 Å². The van der Waals surface area contributed by atoms with Crippen molar-refractivity contribution >= 4 is 41.3 Å². The molecule has 0 radical (unpaired) electrons. The van der Waals surface area contributed by atoms with Gasteiger partial charge in [-0.1, -0.05) is 6.07 Å². The maximum absolute atomic E-state index is 10.3. The van der Waals surface area contributed by atoms with Crippen molar-refractivity contribution < 1.29 is 5.11 Å². The zero-order valence-corrected chi connectivity index (χ0v) is 18.5. The Balaban J connectivity index is 0.00000243. The smallest absolute Gasteiger partial charge is 0.191 e. The van der Waals surface area contributed by atoms with Gasteiger partial charge in [-0.2, -0.15) is 0 Å². The molecule has 3 N–H and O–H groups in total. The first-order valence-corrected chi connectivity index (χ1v) is 9.73. The molecule has 2 aromatic rings. The van der Waals surface area contributed by atoms with E-state index >= 15 is 0 Å². The summed E-state index contributed by atoms with van der Waals surface area (Å²) in [4.78, 5) is 8.75. The molecule has 142 valence electrons. The number of phenolic OH excluding ortho intramolecular Hbond substituents is 1. The van der Waals surface area contributed by atoms with E-state index in [9.17, 15) is 5.11 Å². The predicted molar refractivity (Wildman–Crippen MR) is 119 cm³/mol. The molecule has 1 aliphatic rings. The third kappa shape index (κ3) is 5.33. The highest BCUT2D eigenvalue weighted by molar-refractivity contribution is 14.0. The average molecular weight is 486 g/mol. The molecular formula is C19H27IN4OS.